The van der Waals surface area contributed by atoms with Gasteiger partial charge in [-0.15, -0.1) is 0 Å². The van der Waals surface area contributed by atoms with E-state index >= 15 is 0 Å². The second kappa shape index (κ2) is 8.12. The third-order valence-electron chi connectivity index (χ3n) is 1.78. The molecule has 1 fully saturated rings. The predicted octanol–water partition coefficient (Wildman–Crippen LogP) is 1.84. The Kier molecular flexibility index (Phi) is 7.99. The summed E-state index contributed by atoms with van der Waals surface area (Å²) in [5.41, 5.74) is 0. The molecule has 0 radical (unpaired) electrons. The summed E-state index contributed by atoms with van der Waals surface area (Å²) in [4.78, 5) is 12.2. The molecule has 1 aliphatic heterocycles. The van der Waals surface area contributed by atoms with Gasteiger partial charge in [0, 0.05) is 31.4 Å². The fourth-order valence-corrected chi connectivity index (χ4v) is 2.18. The van der Waals surface area contributed by atoms with E-state index in [0.717, 1.165) is 32.6 Å². The molecule has 0 bridgehead atoms. The molecule has 0 spiro atoms. The number of carbonyl (C=O) groups is 1. The van der Waals surface area contributed by atoms with Crippen molar-refractivity contribution < 1.29 is 4.79 Å². The lowest BCUT2D eigenvalue weighted by molar-refractivity contribution is -0.119. The summed E-state index contributed by atoms with van der Waals surface area (Å²) in [7, 11) is 0. The lowest BCUT2D eigenvalue weighted by atomic mass is 10.4. The standard InChI is InChI=1S/C8H16N2OS.C2H6/c1-8(2)12-10-5-3-9(7-11)4-6-10;1-2/h7-8H,3-6H2,1-2H3;1-2H3. The van der Waals surface area contributed by atoms with Gasteiger partial charge in [-0.3, -0.25) is 4.79 Å². The summed E-state index contributed by atoms with van der Waals surface area (Å²) in [5.74, 6) is 0. The highest BCUT2D eigenvalue weighted by atomic mass is 32.2. The van der Waals surface area contributed by atoms with E-state index in [4.69, 9.17) is 0 Å². The van der Waals surface area contributed by atoms with Crippen molar-refractivity contribution in [3.05, 3.63) is 0 Å². The molecular weight excluding hydrogens is 196 g/mol. The zero-order chi connectivity index (χ0) is 11.0. The topological polar surface area (TPSA) is 23.6 Å². The normalized spacial score (nSPS) is 17.6. The van der Waals surface area contributed by atoms with E-state index in [1.54, 1.807) is 0 Å². The van der Waals surface area contributed by atoms with Crippen LogP contribution in [0.5, 0.6) is 0 Å². The van der Waals surface area contributed by atoms with Crippen LogP contribution in [0.1, 0.15) is 27.7 Å². The first-order valence-electron chi connectivity index (χ1n) is 5.33. The minimum Gasteiger partial charge on any atom is -0.343 e. The van der Waals surface area contributed by atoms with Gasteiger partial charge in [0.05, 0.1) is 0 Å². The first-order valence-corrected chi connectivity index (χ1v) is 6.17. The lowest BCUT2D eigenvalue weighted by Crippen LogP contribution is -2.42. The minimum absolute atomic E-state index is 0.646. The molecule has 0 unspecified atom stereocenters. The monoisotopic (exact) mass is 218 g/mol. The quantitative estimate of drug-likeness (QED) is 0.533. The highest BCUT2D eigenvalue weighted by Gasteiger charge is 2.16. The van der Waals surface area contributed by atoms with Crippen LogP contribution in [0.15, 0.2) is 0 Å². The van der Waals surface area contributed by atoms with E-state index in [9.17, 15) is 4.79 Å². The van der Waals surface area contributed by atoms with E-state index in [1.807, 2.05) is 30.7 Å². The van der Waals surface area contributed by atoms with Gasteiger partial charge in [0.1, 0.15) is 0 Å². The van der Waals surface area contributed by atoms with Crippen LogP contribution in [0.4, 0.5) is 0 Å². The van der Waals surface area contributed by atoms with Crippen LogP contribution in [0.25, 0.3) is 0 Å². The number of carbonyl (C=O) groups excluding carboxylic acids is 1. The predicted molar refractivity (Wildman–Crippen MR) is 63.3 cm³/mol. The van der Waals surface area contributed by atoms with Crippen LogP contribution in [0.2, 0.25) is 0 Å². The molecule has 84 valence electrons. The van der Waals surface area contributed by atoms with Crippen molar-refractivity contribution in [2.24, 2.45) is 0 Å². The van der Waals surface area contributed by atoms with Gasteiger partial charge in [-0.2, -0.15) is 0 Å². The summed E-state index contributed by atoms with van der Waals surface area (Å²) in [6.07, 6.45) is 0.942. The molecular formula is C10H22N2OS. The van der Waals surface area contributed by atoms with Gasteiger partial charge in [-0.25, -0.2) is 4.31 Å². The molecule has 0 aromatic heterocycles. The second-order valence-electron chi connectivity index (χ2n) is 3.22. The van der Waals surface area contributed by atoms with Gasteiger partial charge < -0.3 is 4.90 Å². The van der Waals surface area contributed by atoms with E-state index in [-0.39, 0.29) is 0 Å². The van der Waals surface area contributed by atoms with Crippen molar-refractivity contribution in [1.29, 1.82) is 0 Å². The summed E-state index contributed by atoms with van der Waals surface area (Å²) in [6, 6.07) is 0. The molecule has 3 nitrogen and oxygen atoms in total. The molecule has 4 heteroatoms. The minimum atomic E-state index is 0.646. The Labute approximate surface area is 92.0 Å². The van der Waals surface area contributed by atoms with Crippen LogP contribution in [0.3, 0.4) is 0 Å². The molecule has 0 saturated carbocycles. The van der Waals surface area contributed by atoms with Crippen LogP contribution < -0.4 is 0 Å². The van der Waals surface area contributed by atoms with Crippen molar-refractivity contribution >= 4 is 18.4 Å². The van der Waals surface area contributed by atoms with Crippen LogP contribution in [-0.2, 0) is 4.79 Å². The fourth-order valence-electron chi connectivity index (χ4n) is 1.21. The summed E-state index contributed by atoms with van der Waals surface area (Å²) in [6.45, 7) is 12.1. The number of hydrogen-bond acceptors (Lipinski definition) is 3. The first kappa shape index (κ1) is 13.8. The lowest BCUT2D eigenvalue weighted by Gasteiger charge is -2.32. The van der Waals surface area contributed by atoms with E-state index in [2.05, 4.69) is 18.2 Å². The number of amides is 1. The Hall–Kier alpha value is -0.220. The first-order chi connectivity index (χ1) is 6.72. The molecule has 1 aliphatic rings. The maximum Gasteiger partial charge on any atom is 0.209 e. The number of hydrogen-bond donors (Lipinski definition) is 0. The summed E-state index contributed by atoms with van der Waals surface area (Å²) in [5, 5.41) is 0.646. The van der Waals surface area contributed by atoms with E-state index in [1.165, 1.54) is 0 Å². The third-order valence-corrected chi connectivity index (χ3v) is 2.87. The second-order valence-corrected chi connectivity index (χ2v) is 4.89. The smallest absolute Gasteiger partial charge is 0.209 e. The van der Waals surface area contributed by atoms with Gasteiger partial charge in [0.25, 0.3) is 0 Å². The van der Waals surface area contributed by atoms with Gasteiger partial charge in [-0.1, -0.05) is 39.6 Å². The van der Waals surface area contributed by atoms with Crippen LogP contribution >= 0.6 is 11.9 Å². The fraction of sp³-hybridized carbons (Fsp3) is 0.900. The van der Waals surface area contributed by atoms with Crippen molar-refractivity contribution in [1.82, 2.24) is 9.21 Å². The Morgan fingerprint density at radius 3 is 2.00 bits per heavy atom. The largest absolute Gasteiger partial charge is 0.343 e. The molecule has 1 rings (SSSR count). The number of piperazine rings is 1. The zero-order valence-corrected chi connectivity index (χ0v) is 10.5. The maximum atomic E-state index is 10.4. The molecule has 1 saturated heterocycles. The van der Waals surface area contributed by atoms with Gasteiger partial charge in [-0.05, 0) is 0 Å². The molecule has 1 heterocycles. The number of nitrogens with zero attached hydrogens (tertiary/aromatic N) is 2. The van der Waals surface area contributed by atoms with Crippen LogP contribution in [-0.4, -0.2) is 47.0 Å². The Morgan fingerprint density at radius 1 is 1.14 bits per heavy atom. The van der Waals surface area contributed by atoms with Gasteiger partial charge in [0.15, 0.2) is 0 Å². The van der Waals surface area contributed by atoms with E-state index in [0.29, 0.717) is 5.25 Å². The highest BCUT2D eigenvalue weighted by Crippen LogP contribution is 2.17. The molecule has 1 amide bonds. The van der Waals surface area contributed by atoms with E-state index < -0.39 is 0 Å². The Morgan fingerprint density at radius 2 is 1.64 bits per heavy atom. The highest BCUT2D eigenvalue weighted by molar-refractivity contribution is 7.97. The van der Waals surface area contributed by atoms with Crippen molar-refractivity contribution in [2.75, 3.05) is 26.2 Å². The maximum absolute atomic E-state index is 10.4. The average Bonchev–Trinajstić information content (AvgIpc) is 2.21. The third kappa shape index (κ3) is 5.50. The van der Waals surface area contributed by atoms with Gasteiger partial charge in [0.2, 0.25) is 6.41 Å². The van der Waals surface area contributed by atoms with Crippen molar-refractivity contribution in [2.45, 2.75) is 32.9 Å². The molecule has 14 heavy (non-hydrogen) atoms. The summed E-state index contributed by atoms with van der Waals surface area (Å²) < 4.78 is 2.34. The SMILES string of the molecule is CC.CC(C)SN1CCN(C=O)CC1. The Bertz CT molecular complexity index is 145. The number of rotatable bonds is 3. The van der Waals surface area contributed by atoms with Crippen LogP contribution in [0, 0.1) is 0 Å². The van der Waals surface area contributed by atoms with Gasteiger partial charge >= 0.3 is 0 Å². The molecule has 0 aliphatic carbocycles. The zero-order valence-electron chi connectivity index (χ0n) is 9.69. The van der Waals surface area contributed by atoms with Crippen molar-refractivity contribution in [3.63, 3.8) is 0 Å². The average molecular weight is 218 g/mol. The molecule has 0 aromatic carbocycles. The molecule has 0 aromatic rings. The Balaban J connectivity index is 0.000000791. The summed E-state index contributed by atoms with van der Waals surface area (Å²) >= 11 is 1.88. The molecule has 0 N–H and O–H groups in total. The van der Waals surface area contributed by atoms with Crippen molar-refractivity contribution in [3.8, 4) is 0 Å². The molecule has 0 atom stereocenters.